The molecule has 1 N–H and O–H groups in total. The fourth-order valence-electron chi connectivity index (χ4n) is 2.52. The number of non-ortho nitro benzene ring substituents is 1. The fourth-order valence-corrected chi connectivity index (χ4v) is 3.87. The first kappa shape index (κ1) is 16.1. The molecule has 1 saturated carbocycles. The van der Waals surface area contributed by atoms with E-state index in [1.54, 1.807) is 0 Å². The van der Waals surface area contributed by atoms with Crippen LogP contribution in [-0.4, -0.2) is 27.9 Å². The molecular formula is C14H17ClN2O3S. The highest BCUT2D eigenvalue weighted by molar-refractivity contribution is 7.99. The quantitative estimate of drug-likeness (QED) is 0.661. The van der Waals surface area contributed by atoms with Crippen molar-refractivity contribution in [3.8, 4) is 0 Å². The molecule has 1 aliphatic rings. The number of nitrogens with zero attached hydrogens (tertiary/aromatic N) is 1. The summed E-state index contributed by atoms with van der Waals surface area (Å²) in [5.41, 5.74) is 0.0350. The predicted octanol–water partition coefficient (Wildman–Crippen LogP) is 3.65. The van der Waals surface area contributed by atoms with Gasteiger partial charge in [-0.15, -0.1) is 0 Å². The number of thioether (sulfide) groups is 1. The van der Waals surface area contributed by atoms with Gasteiger partial charge < -0.3 is 5.32 Å². The minimum absolute atomic E-state index is 0.122. The molecule has 1 amide bonds. The Morgan fingerprint density at radius 3 is 2.95 bits per heavy atom. The van der Waals surface area contributed by atoms with E-state index in [9.17, 15) is 14.9 Å². The van der Waals surface area contributed by atoms with Crippen molar-refractivity contribution < 1.29 is 9.72 Å². The Kier molecular flexibility index (Phi) is 5.47. The Morgan fingerprint density at radius 1 is 1.52 bits per heavy atom. The van der Waals surface area contributed by atoms with Crippen LogP contribution in [0.1, 0.15) is 36.5 Å². The minimum Gasteiger partial charge on any atom is -0.349 e. The first-order valence-electron chi connectivity index (χ1n) is 6.87. The molecule has 0 radical (unpaired) electrons. The van der Waals surface area contributed by atoms with Crippen LogP contribution in [0, 0.1) is 10.1 Å². The second kappa shape index (κ2) is 7.13. The third kappa shape index (κ3) is 4.11. The summed E-state index contributed by atoms with van der Waals surface area (Å²) in [6.45, 7) is 2.12. The Labute approximate surface area is 132 Å². The summed E-state index contributed by atoms with van der Waals surface area (Å²) < 4.78 is 0. The number of nitro groups is 1. The monoisotopic (exact) mass is 328 g/mol. The lowest BCUT2D eigenvalue weighted by molar-refractivity contribution is -0.384. The van der Waals surface area contributed by atoms with E-state index < -0.39 is 4.92 Å². The van der Waals surface area contributed by atoms with Gasteiger partial charge in [0.15, 0.2) is 0 Å². The molecule has 2 rings (SSSR count). The molecular weight excluding hydrogens is 312 g/mol. The van der Waals surface area contributed by atoms with Crippen molar-refractivity contribution in [1.82, 2.24) is 5.32 Å². The number of amides is 1. The summed E-state index contributed by atoms with van der Waals surface area (Å²) in [5.74, 6) is 0.734. The topological polar surface area (TPSA) is 72.2 Å². The lowest BCUT2D eigenvalue weighted by atomic mass is 10.1. The van der Waals surface area contributed by atoms with Gasteiger partial charge in [-0.1, -0.05) is 18.5 Å². The van der Waals surface area contributed by atoms with E-state index in [1.807, 2.05) is 11.8 Å². The van der Waals surface area contributed by atoms with Crippen LogP contribution in [0.4, 0.5) is 5.69 Å². The number of halogens is 1. The Bertz CT molecular complexity index is 553. The van der Waals surface area contributed by atoms with Crippen molar-refractivity contribution in [1.29, 1.82) is 0 Å². The molecule has 0 aromatic heterocycles. The van der Waals surface area contributed by atoms with Crippen LogP contribution in [-0.2, 0) is 0 Å². The minimum atomic E-state index is -0.531. The van der Waals surface area contributed by atoms with Crippen LogP contribution in [0.2, 0.25) is 5.02 Å². The summed E-state index contributed by atoms with van der Waals surface area (Å²) in [5, 5.41) is 14.5. The van der Waals surface area contributed by atoms with E-state index in [4.69, 9.17) is 11.6 Å². The number of benzene rings is 1. The molecule has 7 heteroatoms. The highest BCUT2D eigenvalue weighted by Gasteiger charge is 2.27. The first-order chi connectivity index (χ1) is 10.0. The molecule has 0 saturated heterocycles. The van der Waals surface area contributed by atoms with E-state index in [1.165, 1.54) is 18.2 Å². The van der Waals surface area contributed by atoms with Crippen molar-refractivity contribution in [2.24, 2.45) is 0 Å². The lowest BCUT2D eigenvalue weighted by Gasteiger charge is -2.13. The number of hydrogen-bond acceptors (Lipinski definition) is 4. The average molecular weight is 329 g/mol. The van der Waals surface area contributed by atoms with Crippen molar-refractivity contribution in [3.63, 3.8) is 0 Å². The highest BCUT2D eigenvalue weighted by Crippen LogP contribution is 2.30. The molecule has 5 nitrogen and oxygen atoms in total. The number of nitrogens with one attached hydrogen (secondary N) is 1. The molecule has 0 bridgehead atoms. The zero-order valence-corrected chi connectivity index (χ0v) is 13.2. The van der Waals surface area contributed by atoms with Gasteiger partial charge in [-0.2, -0.15) is 11.8 Å². The second-order valence-corrected chi connectivity index (χ2v) is 6.97. The summed E-state index contributed by atoms with van der Waals surface area (Å²) in [4.78, 5) is 22.5. The van der Waals surface area contributed by atoms with Gasteiger partial charge in [0.25, 0.3) is 11.6 Å². The van der Waals surface area contributed by atoms with Crippen LogP contribution in [0.25, 0.3) is 0 Å². The van der Waals surface area contributed by atoms with Gasteiger partial charge in [0.1, 0.15) is 0 Å². The number of carbonyl (C=O) groups excluding carboxylic acids is 1. The maximum Gasteiger partial charge on any atom is 0.270 e. The number of nitro benzene ring substituents is 1. The van der Waals surface area contributed by atoms with E-state index in [-0.39, 0.29) is 28.2 Å². The van der Waals surface area contributed by atoms with E-state index >= 15 is 0 Å². The third-order valence-corrected chi connectivity index (χ3v) is 5.09. The molecule has 2 unspecified atom stereocenters. The van der Waals surface area contributed by atoms with Crippen LogP contribution in [0.15, 0.2) is 18.2 Å². The molecule has 1 aliphatic carbocycles. The molecule has 114 valence electrons. The number of hydrogen-bond donors (Lipinski definition) is 1. The van der Waals surface area contributed by atoms with Gasteiger partial charge in [0.05, 0.1) is 15.5 Å². The van der Waals surface area contributed by atoms with Crippen molar-refractivity contribution in [2.45, 2.75) is 37.5 Å². The van der Waals surface area contributed by atoms with Gasteiger partial charge >= 0.3 is 0 Å². The van der Waals surface area contributed by atoms with Gasteiger partial charge in [-0.3, -0.25) is 14.9 Å². The molecule has 0 spiro atoms. The zero-order chi connectivity index (χ0) is 15.4. The van der Waals surface area contributed by atoms with Crippen LogP contribution in [0.3, 0.4) is 0 Å². The standard InChI is InChI=1S/C14H17ClN2O3S/c1-2-21-11-5-3-9(7-11)16-14(18)12-8-10(17(19)20)4-6-13(12)15/h4,6,8-9,11H,2-3,5,7H2,1H3,(H,16,18). The van der Waals surface area contributed by atoms with E-state index in [0.717, 1.165) is 25.0 Å². The Morgan fingerprint density at radius 2 is 2.29 bits per heavy atom. The van der Waals surface area contributed by atoms with Gasteiger partial charge in [0.2, 0.25) is 0 Å². The SMILES string of the molecule is CCSC1CCC(NC(=O)c2cc([N+](=O)[O-])ccc2Cl)C1. The smallest absolute Gasteiger partial charge is 0.270 e. The zero-order valence-electron chi connectivity index (χ0n) is 11.7. The second-order valence-electron chi connectivity index (χ2n) is 4.98. The van der Waals surface area contributed by atoms with Gasteiger partial charge in [-0.05, 0) is 31.1 Å². The van der Waals surface area contributed by atoms with E-state index in [2.05, 4.69) is 12.2 Å². The molecule has 1 fully saturated rings. The third-order valence-electron chi connectivity index (χ3n) is 3.53. The molecule has 0 aliphatic heterocycles. The van der Waals surface area contributed by atoms with Crippen LogP contribution in [0.5, 0.6) is 0 Å². The van der Waals surface area contributed by atoms with Crippen molar-refractivity contribution in [2.75, 3.05) is 5.75 Å². The van der Waals surface area contributed by atoms with E-state index in [0.29, 0.717) is 5.25 Å². The molecule has 1 aromatic rings. The summed E-state index contributed by atoms with van der Waals surface area (Å²) in [6, 6.07) is 4.03. The average Bonchev–Trinajstić information content (AvgIpc) is 2.86. The van der Waals surface area contributed by atoms with Gasteiger partial charge in [0, 0.05) is 23.4 Å². The van der Waals surface area contributed by atoms with Crippen LogP contribution < -0.4 is 5.32 Å². The molecule has 21 heavy (non-hydrogen) atoms. The largest absolute Gasteiger partial charge is 0.349 e. The van der Waals surface area contributed by atoms with Gasteiger partial charge in [-0.25, -0.2) is 0 Å². The van der Waals surface area contributed by atoms with Crippen molar-refractivity contribution in [3.05, 3.63) is 38.9 Å². The van der Waals surface area contributed by atoms with Crippen molar-refractivity contribution >= 4 is 35.0 Å². The summed E-state index contributed by atoms with van der Waals surface area (Å²) >= 11 is 7.88. The number of rotatable bonds is 5. The van der Waals surface area contributed by atoms with Crippen LogP contribution >= 0.6 is 23.4 Å². The highest BCUT2D eigenvalue weighted by atomic mass is 35.5. The number of carbonyl (C=O) groups is 1. The predicted molar refractivity (Wildman–Crippen MR) is 85.1 cm³/mol. The Hall–Kier alpha value is -1.27. The molecule has 1 aromatic carbocycles. The summed E-state index contributed by atoms with van der Waals surface area (Å²) in [6.07, 6.45) is 2.97. The molecule has 0 heterocycles. The lowest BCUT2D eigenvalue weighted by Crippen LogP contribution is -2.33. The Balaban J connectivity index is 2.04. The fraction of sp³-hybridized carbons (Fsp3) is 0.500. The maximum atomic E-state index is 12.2. The first-order valence-corrected chi connectivity index (χ1v) is 8.30. The maximum absolute atomic E-state index is 12.2. The molecule has 2 atom stereocenters. The normalized spacial score (nSPS) is 21.2. The summed E-state index contributed by atoms with van der Waals surface area (Å²) in [7, 11) is 0.